The molecular formula is C22H22N4O3. The van der Waals surface area contributed by atoms with E-state index in [2.05, 4.69) is 16.6 Å². The average molecular weight is 390 g/mol. The monoisotopic (exact) mass is 390 g/mol. The number of aromatic nitrogens is 1. The highest BCUT2D eigenvalue weighted by atomic mass is 16.5. The summed E-state index contributed by atoms with van der Waals surface area (Å²) in [4.78, 5) is 11.9. The van der Waals surface area contributed by atoms with E-state index in [4.69, 9.17) is 9.15 Å². The third-order valence-electron chi connectivity index (χ3n) is 4.66. The summed E-state index contributed by atoms with van der Waals surface area (Å²) in [6, 6.07) is 13.2. The molecule has 0 spiro atoms. The fraction of sp³-hybridized carbons (Fsp3) is 0.227. The minimum atomic E-state index is -0.358. The van der Waals surface area contributed by atoms with Gasteiger partial charge in [0.15, 0.2) is 6.61 Å². The number of nitriles is 1. The van der Waals surface area contributed by atoms with Crippen molar-refractivity contribution >= 4 is 12.1 Å². The van der Waals surface area contributed by atoms with Crippen LogP contribution in [0.3, 0.4) is 0 Å². The summed E-state index contributed by atoms with van der Waals surface area (Å²) >= 11 is 0. The first-order chi connectivity index (χ1) is 13.9. The lowest BCUT2D eigenvalue weighted by Crippen LogP contribution is -2.24. The van der Waals surface area contributed by atoms with Crippen LogP contribution in [0.2, 0.25) is 0 Å². The Morgan fingerprint density at radius 3 is 2.69 bits per heavy atom. The molecule has 1 N–H and O–H groups in total. The summed E-state index contributed by atoms with van der Waals surface area (Å²) in [5, 5.41) is 13.5. The van der Waals surface area contributed by atoms with Crippen molar-refractivity contribution in [1.29, 1.82) is 5.26 Å². The van der Waals surface area contributed by atoms with Gasteiger partial charge in [-0.15, -0.1) is 0 Å². The van der Waals surface area contributed by atoms with Gasteiger partial charge in [0.05, 0.1) is 6.21 Å². The largest absolute Gasteiger partial charge is 0.484 e. The zero-order valence-electron chi connectivity index (χ0n) is 16.8. The molecule has 2 aromatic heterocycles. The van der Waals surface area contributed by atoms with E-state index in [9.17, 15) is 10.1 Å². The molecule has 0 saturated heterocycles. The van der Waals surface area contributed by atoms with Crippen molar-refractivity contribution in [3.05, 3.63) is 70.2 Å². The number of benzene rings is 1. The smallest absolute Gasteiger partial charge is 0.277 e. The van der Waals surface area contributed by atoms with Gasteiger partial charge < -0.3 is 9.15 Å². The quantitative estimate of drug-likeness (QED) is 0.513. The van der Waals surface area contributed by atoms with Gasteiger partial charge in [0, 0.05) is 22.5 Å². The van der Waals surface area contributed by atoms with Crippen LogP contribution in [0.5, 0.6) is 5.75 Å². The summed E-state index contributed by atoms with van der Waals surface area (Å²) in [7, 11) is 0. The first-order valence-corrected chi connectivity index (χ1v) is 9.11. The molecule has 3 aromatic rings. The second-order valence-electron chi connectivity index (χ2n) is 6.63. The van der Waals surface area contributed by atoms with Crippen molar-refractivity contribution in [1.82, 2.24) is 9.99 Å². The number of rotatable bonds is 6. The average Bonchev–Trinajstić information content (AvgIpc) is 3.15. The summed E-state index contributed by atoms with van der Waals surface area (Å²) in [6.45, 7) is 7.40. The molecule has 0 saturated carbocycles. The lowest BCUT2D eigenvalue weighted by Gasteiger charge is -2.06. The van der Waals surface area contributed by atoms with Crippen molar-refractivity contribution in [2.75, 3.05) is 6.61 Å². The number of amides is 1. The summed E-state index contributed by atoms with van der Waals surface area (Å²) in [5.74, 6) is 1.47. The maximum atomic E-state index is 11.9. The highest BCUT2D eigenvalue weighted by Gasteiger charge is 2.20. The highest BCUT2D eigenvalue weighted by Crippen LogP contribution is 2.28. The fourth-order valence-corrected chi connectivity index (χ4v) is 3.00. The number of para-hydroxylation sites is 1. The number of ether oxygens (including phenoxy) is 1. The van der Waals surface area contributed by atoms with Crippen molar-refractivity contribution in [2.24, 2.45) is 5.10 Å². The SMILES string of the molecule is Cc1oc(-n2c(C)cc(/C=N\NC(=O)COc3ccccc3)c2C)c(C#N)c1C. The van der Waals surface area contributed by atoms with E-state index in [0.717, 1.165) is 22.5 Å². The maximum absolute atomic E-state index is 11.9. The lowest BCUT2D eigenvalue weighted by atomic mass is 10.2. The molecule has 1 aromatic carbocycles. The van der Waals surface area contributed by atoms with E-state index in [0.29, 0.717) is 23.0 Å². The van der Waals surface area contributed by atoms with E-state index in [1.165, 1.54) is 0 Å². The predicted molar refractivity (Wildman–Crippen MR) is 109 cm³/mol. The standard InChI is InChI=1S/C22H22N4O3/c1-14-10-18(12-24-25-21(27)13-28-19-8-6-5-7-9-19)16(3)26(14)22-20(11-23)15(2)17(4)29-22/h5-10,12H,13H2,1-4H3,(H,25,27)/b24-12-. The molecule has 0 radical (unpaired) electrons. The highest BCUT2D eigenvalue weighted by molar-refractivity contribution is 5.84. The molecule has 0 atom stereocenters. The van der Waals surface area contributed by atoms with Gasteiger partial charge in [-0.25, -0.2) is 5.43 Å². The maximum Gasteiger partial charge on any atom is 0.277 e. The van der Waals surface area contributed by atoms with Crippen LogP contribution in [0.1, 0.15) is 33.8 Å². The molecule has 0 unspecified atom stereocenters. The fourth-order valence-electron chi connectivity index (χ4n) is 3.00. The van der Waals surface area contributed by atoms with Gasteiger partial charge in [-0.2, -0.15) is 10.4 Å². The molecular weight excluding hydrogens is 368 g/mol. The molecule has 2 heterocycles. The van der Waals surface area contributed by atoms with Crippen molar-refractivity contribution in [2.45, 2.75) is 27.7 Å². The van der Waals surface area contributed by atoms with Gasteiger partial charge in [0.1, 0.15) is 23.1 Å². The zero-order chi connectivity index (χ0) is 21.0. The first-order valence-electron chi connectivity index (χ1n) is 9.11. The second-order valence-corrected chi connectivity index (χ2v) is 6.63. The van der Waals surface area contributed by atoms with E-state index < -0.39 is 0 Å². The molecule has 0 aliphatic carbocycles. The molecule has 0 aliphatic rings. The normalized spacial score (nSPS) is 10.9. The lowest BCUT2D eigenvalue weighted by molar-refractivity contribution is -0.123. The number of hydrogen-bond acceptors (Lipinski definition) is 5. The number of nitrogens with zero attached hydrogens (tertiary/aromatic N) is 3. The molecule has 7 nitrogen and oxygen atoms in total. The van der Waals surface area contributed by atoms with Crippen LogP contribution in [0.25, 0.3) is 5.88 Å². The van der Waals surface area contributed by atoms with E-state index >= 15 is 0 Å². The molecule has 7 heteroatoms. The van der Waals surface area contributed by atoms with E-state index in [-0.39, 0.29) is 12.5 Å². The molecule has 1 amide bonds. The van der Waals surface area contributed by atoms with Crippen LogP contribution in [-0.4, -0.2) is 23.3 Å². The van der Waals surface area contributed by atoms with E-state index in [1.807, 2.05) is 56.5 Å². The molecule has 0 bridgehead atoms. The number of hydrogen-bond donors (Lipinski definition) is 1. The minimum Gasteiger partial charge on any atom is -0.484 e. The van der Waals surface area contributed by atoms with E-state index in [1.54, 1.807) is 18.3 Å². The molecule has 29 heavy (non-hydrogen) atoms. The topological polar surface area (TPSA) is 92.6 Å². The Balaban J connectivity index is 1.71. The Morgan fingerprint density at radius 2 is 2.00 bits per heavy atom. The Hall–Kier alpha value is -3.79. The van der Waals surface area contributed by atoms with Gasteiger partial charge in [-0.3, -0.25) is 9.36 Å². The Kier molecular flexibility index (Phi) is 5.84. The summed E-state index contributed by atoms with van der Waals surface area (Å²) in [5.41, 5.74) is 6.35. The van der Waals surface area contributed by atoms with Crippen molar-refractivity contribution in [3.63, 3.8) is 0 Å². The van der Waals surface area contributed by atoms with Crippen LogP contribution >= 0.6 is 0 Å². The number of carbonyl (C=O) groups is 1. The first kappa shape index (κ1) is 20.0. The van der Waals surface area contributed by atoms with Gasteiger partial charge >= 0.3 is 0 Å². The number of hydrazone groups is 1. The number of aryl methyl sites for hydroxylation is 2. The van der Waals surface area contributed by atoms with Gasteiger partial charge in [-0.1, -0.05) is 18.2 Å². The van der Waals surface area contributed by atoms with Gasteiger partial charge in [0.2, 0.25) is 5.88 Å². The second kappa shape index (κ2) is 8.48. The van der Waals surface area contributed by atoms with Crippen LogP contribution in [0, 0.1) is 39.0 Å². The Morgan fingerprint density at radius 1 is 1.28 bits per heavy atom. The predicted octanol–water partition coefficient (Wildman–Crippen LogP) is 3.70. The number of carbonyl (C=O) groups excluding carboxylic acids is 1. The third kappa shape index (κ3) is 4.22. The van der Waals surface area contributed by atoms with Crippen molar-refractivity contribution < 1.29 is 13.9 Å². The molecule has 148 valence electrons. The summed E-state index contributed by atoms with van der Waals surface area (Å²) < 4.78 is 13.1. The van der Waals surface area contributed by atoms with Crippen molar-refractivity contribution in [3.8, 4) is 17.7 Å². The number of nitrogens with one attached hydrogen (secondary N) is 1. The Bertz CT molecular complexity index is 1100. The molecule has 0 fully saturated rings. The molecule has 3 rings (SSSR count). The van der Waals surface area contributed by atoms with Crippen LogP contribution in [-0.2, 0) is 4.79 Å². The van der Waals surface area contributed by atoms with Gasteiger partial charge in [0.25, 0.3) is 5.91 Å². The summed E-state index contributed by atoms with van der Waals surface area (Å²) in [6.07, 6.45) is 1.56. The van der Waals surface area contributed by atoms with Crippen LogP contribution in [0.4, 0.5) is 0 Å². The van der Waals surface area contributed by atoms with Crippen LogP contribution in [0.15, 0.2) is 45.9 Å². The molecule has 0 aliphatic heterocycles. The van der Waals surface area contributed by atoms with Crippen LogP contribution < -0.4 is 10.2 Å². The minimum absolute atomic E-state index is 0.128. The van der Waals surface area contributed by atoms with Gasteiger partial charge in [-0.05, 0) is 45.9 Å². The third-order valence-corrected chi connectivity index (χ3v) is 4.66. The number of furan rings is 1. The zero-order valence-corrected chi connectivity index (χ0v) is 16.8. The Labute approximate surface area is 169 Å².